The molecule has 0 aromatic heterocycles. The highest BCUT2D eigenvalue weighted by molar-refractivity contribution is 6.00. The summed E-state index contributed by atoms with van der Waals surface area (Å²) in [5.41, 5.74) is -1.38. The topological polar surface area (TPSA) is 88.1 Å². The molecule has 0 aromatic rings. The Morgan fingerprint density at radius 3 is 2.48 bits per heavy atom. The molecular formula is C14H20O7. The van der Waals surface area contributed by atoms with Crippen LogP contribution < -0.4 is 0 Å². The minimum Gasteiger partial charge on any atom is -0.466 e. The summed E-state index contributed by atoms with van der Waals surface area (Å²) in [6, 6.07) is 0. The van der Waals surface area contributed by atoms with Crippen molar-refractivity contribution >= 4 is 17.9 Å². The largest absolute Gasteiger partial charge is 0.510 e. The molecule has 0 spiro atoms. The maximum Gasteiger partial charge on any atom is 0.510 e. The van der Waals surface area contributed by atoms with E-state index in [2.05, 4.69) is 4.74 Å². The van der Waals surface area contributed by atoms with Gasteiger partial charge in [-0.1, -0.05) is 6.92 Å². The van der Waals surface area contributed by atoms with Crippen LogP contribution in [0.5, 0.6) is 0 Å². The Morgan fingerprint density at radius 2 is 1.90 bits per heavy atom. The first-order chi connectivity index (χ1) is 9.97. The standard InChI is InChI=1S/C14H20O7/c1-4-14(9-11(16)18-5-2)10(15)7-8-12(21-14)20-13(17)19-6-3/h7-8,12H,4-6,9H2,1-3H3. The molecule has 2 atom stereocenters. The van der Waals surface area contributed by atoms with E-state index in [1.165, 1.54) is 12.2 Å². The van der Waals surface area contributed by atoms with E-state index >= 15 is 0 Å². The third-order valence-corrected chi connectivity index (χ3v) is 2.98. The van der Waals surface area contributed by atoms with E-state index in [4.69, 9.17) is 14.2 Å². The number of rotatable bonds is 6. The first-order valence-electron chi connectivity index (χ1n) is 6.86. The molecule has 1 aliphatic heterocycles. The van der Waals surface area contributed by atoms with Crippen molar-refractivity contribution < 1.29 is 33.3 Å². The molecule has 0 aromatic carbocycles. The maximum atomic E-state index is 12.1. The lowest BCUT2D eigenvalue weighted by atomic mass is 9.89. The van der Waals surface area contributed by atoms with Crippen molar-refractivity contribution in [2.75, 3.05) is 13.2 Å². The number of esters is 1. The molecule has 1 aliphatic rings. The van der Waals surface area contributed by atoms with Crippen molar-refractivity contribution in [2.24, 2.45) is 0 Å². The van der Waals surface area contributed by atoms with Crippen LogP contribution in [0, 0.1) is 0 Å². The molecule has 7 heteroatoms. The zero-order valence-electron chi connectivity index (χ0n) is 12.4. The summed E-state index contributed by atoms with van der Waals surface area (Å²) in [6.45, 7) is 5.39. The molecule has 0 N–H and O–H groups in total. The van der Waals surface area contributed by atoms with Gasteiger partial charge in [0.2, 0.25) is 6.29 Å². The highest BCUT2D eigenvalue weighted by atomic mass is 16.8. The summed E-state index contributed by atoms with van der Waals surface area (Å²) in [5.74, 6) is -0.903. The number of hydrogen-bond acceptors (Lipinski definition) is 7. The minimum atomic E-state index is -1.38. The van der Waals surface area contributed by atoms with Crippen LogP contribution in [0.1, 0.15) is 33.6 Å². The smallest absolute Gasteiger partial charge is 0.466 e. The molecule has 1 rings (SSSR count). The molecule has 0 amide bonds. The van der Waals surface area contributed by atoms with Gasteiger partial charge in [-0.25, -0.2) is 4.79 Å². The zero-order valence-corrected chi connectivity index (χ0v) is 12.4. The number of hydrogen-bond donors (Lipinski definition) is 0. The lowest BCUT2D eigenvalue weighted by molar-refractivity contribution is -0.192. The number of carbonyl (C=O) groups is 3. The summed E-state index contributed by atoms with van der Waals surface area (Å²) in [7, 11) is 0. The Balaban J connectivity index is 2.79. The molecular weight excluding hydrogens is 280 g/mol. The van der Waals surface area contributed by atoms with Crippen molar-refractivity contribution in [2.45, 2.75) is 45.5 Å². The maximum absolute atomic E-state index is 12.1. The Hall–Kier alpha value is -1.89. The quantitative estimate of drug-likeness (QED) is 0.690. The van der Waals surface area contributed by atoms with E-state index in [0.717, 1.165) is 0 Å². The zero-order chi connectivity index (χ0) is 15.9. The van der Waals surface area contributed by atoms with Crippen LogP contribution in [0.2, 0.25) is 0 Å². The van der Waals surface area contributed by atoms with Crippen molar-refractivity contribution in [1.82, 2.24) is 0 Å². The fraction of sp³-hybridized carbons (Fsp3) is 0.643. The van der Waals surface area contributed by atoms with E-state index in [-0.39, 0.29) is 31.8 Å². The fourth-order valence-electron chi connectivity index (χ4n) is 1.90. The van der Waals surface area contributed by atoms with Crippen LogP contribution in [0.3, 0.4) is 0 Å². The van der Waals surface area contributed by atoms with Crippen molar-refractivity contribution in [3.05, 3.63) is 12.2 Å². The molecule has 0 saturated carbocycles. The van der Waals surface area contributed by atoms with Gasteiger partial charge < -0.3 is 18.9 Å². The van der Waals surface area contributed by atoms with Gasteiger partial charge in [0.05, 0.1) is 19.6 Å². The van der Waals surface area contributed by atoms with Gasteiger partial charge in [0.15, 0.2) is 5.78 Å². The van der Waals surface area contributed by atoms with Gasteiger partial charge in [-0.15, -0.1) is 0 Å². The second kappa shape index (κ2) is 7.78. The average Bonchev–Trinajstić information content (AvgIpc) is 2.43. The molecule has 0 bridgehead atoms. The molecule has 0 saturated heterocycles. The number of ether oxygens (including phenoxy) is 4. The van der Waals surface area contributed by atoms with Crippen molar-refractivity contribution in [1.29, 1.82) is 0 Å². The van der Waals surface area contributed by atoms with Gasteiger partial charge in [-0.05, 0) is 32.4 Å². The fourth-order valence-corrected chi connectivity index (χ4v) is 1.90. The van der Waals surface area contributed by atoms with Crippen molar-refractivity contribution in [3.63, 3.8) is 0 Å². The molecule has 7 nitrogen and oxygen atoms in total. The van der Waals surface area contributed by atoms with E-state index < -0.39 is 24.0 Å². The molecule has 0 aliphatic carbocycles. The summed E-state index contributed by atoms with van der Waals surface area (Å²) in [6.07, 6.45) is 0.591. The van der Waals surface area contributed by atoms with E-state index in [1.54, 1.807) is 20.8 Å². The predicted molar refractivity (Wildman–Crippen MR) is 71.4 cm³/mol. The van der Waals surface area contributed by atoms with Gasteiger partial charge in [0.1, 0.15) is 5.60 Å². The second-order valence-electron chi connectivity index (χ2n) is 4.34. The van der Waals surface area contributed by atoms with Crippen LogP contribution >= 0.6 is 0 Å². The summed E-state index contributed by atoms with van der Waals surface area (Å²) < 4.78 is 19.9. The molecule has 0 radical (unpaired) electrons. The van der Waals surface area contributed by atoms with E-state index in [0.29, 0.717) is 0 Å². The monoisotopic (exact) mass is 300 g/mol. The van der Waals surface area contributed by atoms with Gasteiger partial charge in [0.25, 0.3) is 0 Å². The Bertz CT molecular complexity index is 429. The summed E-state index contributed by atoms with van der Waals surface area (Å²) in [4.78, 5) is 35.0. The third-order valence-electron chi connectivity index (χ3n) is 2.98. The Morgan fingerprint density at radius 1 is 1.24 bits per heavy atom. The predicted octanol–water partition coefficient (Wildman–Crippen LogP) is 1.74. The minimum absolute atomic E-state index is 0.163. The van der Waals surface area contributed by atoms with Gasteiger partial charge in [-0.2, -0.15) is 0 Å². The van der Waals surface area contributed by atoms with Gasteiger partial charge in [-0.3, -0.25) is 9.59 Å². The SMILES string of the molecule is CCOC(=O)CC1(CC)OC(OC(=O)OCC)C=CC1=O. The highest BCUT2D eigenvalue weighted by Crippen LogP contribution is 2.29. The lowest BCUT2D eigenvalue weighted by Gasteiger charge is -2.34. The van der Waals surface area contributed by atoms with E-state index in [9.17, 15) is 14.4 Å². The van der Waals surface area contributed by atoms with Crippen LogP contribution in [0.4, 0.5) is 4.79 Å². The van der Waals surface area contributed by atoms with Gasteiger partial charge >= 0.3 is 12.1 Å². The number of carbonyl (C=O) groups excluding carboxylic acids is 3. The first-order valence-corrected chi connectivity index (χ1v) is 6.86. The van der Waals surface area contributed by atoms with E-state index in [1.807, 2.05) is 0 Å². The Labute approximate surface area is 123 Å². The normalized spacial score (nSPS) is 24.5. The highest BCUT2D eigenvalue weighted by Gasteiger charge is 2.44. The van der Waals surface area contributed by atoms with Crippen LogP contribution in [-0.2, 0) is 28.5 Å². The first kappa shape index (κ1) is 17.2. The second-order valence-corrected chi connectivity index (χ2v) is 4.34. The average molecular weight is 300 g/mol. The molecule has 21 heavy (non-hydrogen) atoms. The number of ketones is 1. The molecule has 2 unspecified atom stereocenters. The van der Waals surface area contributed by atoms with Crippen LogP contribution in [0.15, 0.2) is 12.2 Å². The molecule has 118 valence electrons. The van der Waals surface area contributed by atoms with Crippen LogP contribution in [-0.4, -0.2) is 43.0 Å². The van der Waals surface area contributed by atoms with Gasteiger partial charge in [0, 0.05) is 0 Å². The third kappa shape index (κ3) is 4.56. The molecule has 1 heterocycles. The molecule has 0 fully saturated rings. The Kier molecular flexibility index (Phi) is 6.36. The lowest BCUT2D eigenvalue weighted by Crippen LogP contribution is -2.48. The summed E-state index contributed by atoms with van der Waals surface area (Å²) >= 11 is 0. The van der Waals surface area contributed by atoms with Crippen LogP contribution in [0.25, 0.3) is 0 Å². The van der Waals surface area contributed by atoms with Crippen molar-refractivity contribution in [3.8, 4) is 0 Å². The summed E-state index contributed by atoms with van der Waals surface area (Å²) in [5, 5.41) is 0.